The van der Waals surface area contributed by atoms with Crippen molar-refractivity contribution in [2.24, 2.45) is 5.73 Å². The minimum Gasteiger partial charge on any atom is -0.508 e. The molecule has 0 aliphatic rings. The summed E-state index contributed by atoms with van der Waals surface area (Å²) in [5.41, 5.74) is 7.93. The standard InChI is InChI=1S/C19H31NO2.C8H6N4O4/c1-8-18(4,5)14-10-11-16(22-13(3)17(20)21)15(12-14)19(6,7)9-2;13-5-1-2-7(14)6(3-5)11-9-4-8(10-11)12(15)16/h10-13H,8-9H2,1-7H3,(H2,20,21);1-4,13-14H. The summed E-state index contributed by atoms with van der Waals surface area (Å²) in [6.45, 7) is 15.0. The Morgan fingerprint density at radius 1 is 1.11 bits per heavy atom. The summed E-state index contributed by atoms with van der Waals surface area (Å²) in [5, 5.41) is 36.2. The predicted octanol–water partition coefficient (Wildman–Crippen LogP) is 4.90. The molecule has 11 heteroatoms. The molecule has 1 unspecified atom stereocenters. The fourth-order valence-corrected chi connectivity index (χ4v) is 3.35. The van der Waals surface area contributed by atoms with E-state index in [0.29, 0.717) is 0 Å². The molecule has 0 radical (unpaired) electrons. The molecule has 206 valence electrons. The van der Waals surface area contributed by atoms with Crippen LogP contribution in [0, 0.1) is 10.1 Å². The second-order valence-electron chi connectivity index (χ2n) is 10.3. The molecule has 4 N–H and O–H groups in total. The zero-order valence-corrected chi connectivity index (χ0v) is 22.9. The first kappa shape index (κ1) is 30.1. The molecule has 2 aromatic carbocycles. The van der Waals surface area contributed by atoms with Gasteiger partial charge in [-0.3, -0.25) is 4.79 Å². The molecule has 0 aliphatic heterocycles. The van der Waals surface area contributed by atoms with Gasteiger partial charge in [0.2, 0.25) is 0 Å². The summed E-state index contributed by atoms with van der Waals surface area (Å²) >= 11 is 0. The van der Waals surface area contributed by atoms with Crippen LogP contribution in [0.5, 0.6) is 17.2 Å². The number of nitro groups is 1. The lowest BCUT2D eigenvalue weighted by Crippen LogP contribution is -2.32. The molecule has 0 spiro atoms. The average molecular weight is 528 g/mol. The predicted molar refractivity (Wildman–Crippen MR) is 144 cm³/mol. The summed E-state index contributed by atoms with van der Waals surface area (Å²) in [6, 6.07) is 10.0. The van der Waals surface area contributed by atoms with Crippen molar-refractivity contribution >= 4 is 11.7 Å². The average Bonchev–Trinajstić information content (AvgIpc) is 3.36. The number of hydrogen-bond donors (Lipinski definition) is 3. The summed E-state index contributed by atoms with van der Waals surface area (Å²) < 4.78 is 5.82. The van der Waals surface area contributed by atoms with Gasteiger partial charge in [-0.05, 0) is 59.3 Å². The number of amides is 1. The van der Waals surface area contributed by atoms with Crippen LogP contribution in [-0.2, 0) is 15.6 Å². The minimum absolute atomic E-state index is 0.0213. The van der Waals surface area contributed by atoms with Crippen molar-refractivity contribution in [1.29, 1.82) is 0 Å². The molecular formula is C27H37N5O6. The number of benzene rings is 2. The first-order valence-electron chi connectivity index (χ1n) is 12.3. The molecule has 1 heterocycles. The van der Waals surface area contributed by atoms with E-state index < -0.39 is 22.8 Å². The van der Waals surface area contributed by atoms with E-state index in [4.69, 9.17) is 10.5 Å². The lowest BCUT2D eigenvalue weighted by Gasteiger charge is -2.31. The smallest absolute Gasteiger partial charge is 0.410 e. The Morgan fingerprint density at radius 3 is 2.26 bits per heavy atom. The summed E-state index contributed by atoms with van der Waals surface area (Å²) in [5.74, 6) is -0.425. The Morgan fingerprint density at radius 2 is 1.74 bits per heavy atom. The summed E-state index contributed by atoms with van der Waals surface area (Å²) in [4.78, 5) is 21.8. The fraction of sp³-hybridized carbons (Fsp3) is 0.444. The maximum Gasteiger partial charge on any atom is 0.410 e. The fourth-order valence-electron chi connectivity index (χ4n) is 3.35. The topological polar surface area (TPSA) is 167 Å². The largest absolute Gasteiger partial charge is 0.508 e. The van der Waals surface area contributed by atoms with Gasteiger partial charge in [0.05, 0.1) is 5.10 Å². The molecule has 0 aliphatic carbocycles. The lowest BCUT2D eigenvalue weighted by molar-refractivity contribution is -0.389. The van der Waals surface area contributed by atoms with Crippen molar-refractivity contribution in [2.75, 3.05) is 0 Å². The van der Waals surface area contributed by atoms with Crippen LogP contribution in [0.25, 0.3) is 5.69 Å². The molecule has 11 nitrogen and oxygen atoms in total. The molecule has 3 aromatic rings. The van der Waals surface area contributed by atoms with Gasteiger partial charge in [0.1, 0.15) is 17.2 Å². The van der Waals surface area contributed by atoms with E-state index in [2.05, 4.69) is 63.9 Å². The Hall–Kier alpha value is -4.15. The highest BCUT2D eigenvalue weighted by molar-refractivity contribution is 5.78. The third-order valence-electron chi connectivity index (χ3n) is 6.80. The van der Waals surface area contributed by atoms with Crippen molar-refractivity contribution in [1.82, 2.24) is 15.0 Å². The van der Waals surface area contributed by atoms with Crippen molar-refractivity contribution in [3.05, 3.63) is 63.8 Å². The van der Waals surface area contributed by atoms with Gasteiger partial charge in [0.15, 0.2) is 18.0 Å². The number of nitrogens with zero attached hydrogens (tertiary/aromatic N) is 4. The maximum atomic E-state index is 11.3. The SMILES string of the molecule is CCC(C)(C)c1ccc(OC(C)C(N)=O)c(C(C)(C)CC)c1.O=[N+]([O-])c1cnn(-c2cc(O)ccc2O)n1. The van der Waals surface area contributed by atoms with Crippen LogP contribution in [0.4, 0.5) is 5.82 Å². The Labute approximate surface area is 222 Å². The van der Waals surface area contributed by atoms with Gasteiger partial charge in [-0.15, -0.1) is 5.10 Å². The van der Waals surface area contributed by atoms with Crippen molar-refractivity contribution in [3.8, 4) is 22.9 Å². The minimum atomic E-state index is -0.705. The second-order valence-corrected chi connectivity index (χ2v) is 10.3. The van der Waals surface area contributed by atoms with Crippen molar-refractivity contribution in [3.63, 3.8) is 0 Å². The number of carbonyl (C=O) groups is 1. The number of hydrogen-bond acceptors (Lipinski definition) is 8. The van der Waals surface area contributed by atoms with Gasteiger partial charge in [-0.25, -0.2) is 0 Å². The highest BCUT2D eigenvalue weighted by atomic mass is 16.6. The van der Waals surface area contributed by atoms with Gasteiger partial charge in [-0.1, -0.05) is 58.5 Å². The van der Waals surface area contributed by atoms with E-state index >= 15 is 0 Å². The van der Waals surface area contributed by atoms with Crippen molar-refractivity contribution < 1.29 is 24.7 Å². The molecule has 38 heavy (non-hydrogen) atoms. The number of primary amides is 1. The normalized spacial score (nSPS) is 12.3. The lowest BCUT2D eigenvalue weighted by atomic mass is 9.76. The molecule has 0 fully saturated rings. The van der Waals surface area contributed by atoms with Gasteiger partial charge < -0.3 is 30.8 Å². The van der Waals surface area contributed by atoms with Crippen LogP contribution in [0.1, 0.15) is 72.4 Å². The summed E-state index contributed by atoms with van der Waals surface area (Å²) in [7, 11) is 0. The Bertz CT molecular complexity index is 1280. The van der Waals surface area contributed by atoms with E-state index in [1.54, 1.807) is 6.92 Å². The molecule has 1 atom stereocenters. The van der Waals surface area contributed by atoms with E-state index in [-0.39, 0.29) is 28.0 Å². The first-order valence-corrected chi connectivity index (χ1v) is 12.3. The van der Waals surface area contributed by atoms with Gasteiger partial charge in [0.25, 0.3) is 5.91 Å². The quantitative estimate of drug-likeness (QED) is 0.201. The number of phenolic OH excluding ortho intramolecular Hbond substituents is 2. The van der Waals surface area contributed by atoms with Gasteiger partial charge in [-0.2, -0.15) is 0 Å². The molecular weight excluding hydrogens is 490 g/mol. The number of phenols is 2. The molecule has 1 amide bonds. The first-order chi connectivity index (χ1) is 17.6. The van der Waals surface area contributed by atoms with E-state index in [9.17, 15) is 25.1 Å². The third-order valence-corrected chi connectivity index (χ3v) is 6.80. The monoisotopic (exact) mass is 527 g/mol. The van der Waals surface area contributed by atoms with Crippen LogP contribution in [0.3, 0.4) is 0 Å². The Balaban J connectivity index is 0.000000279. The van der Waals surface area contributed by atoms with Gasteiger partial charge >= 0.3 is 5.82 Å². The number of aromatic hydroxyl groups is 2. The second kappa shape index (κ2) is 11.9. The molecule has 0 saturated heterocycles. The van der Waals surface area contributed by atoms with Crippen molar-refractivity contribution in [2.45, 2.75) is 78.2 Å². The third kappa shape index (κ3) is 7.21. The molecule has 0 bridgehead atoms. The van der Waals surface area contributed by atoms with Crippen LogP contribution in [0.2, 0.25) is 0 Å². The number of rotatable bonds is 9. The van der Waals surface area contributed by atoms with E-state index in [0.717, 1.165) is 35.1 Å². The number of nitrogens with two attached hydrogens (primary N) is 1. The number of carbonyl (C=O) groups excluding carboxylic acids is 1. The highest BCUT2D eigenvalue weighted by Crippen LogP contribution is 2.38. The van der Waals surface area contributed by atoms with E-state index in [1.165, 1.54) is 23.8 Å². The van der Waals surface area contributed by atoms with Crippen LogP contribution >= 0.6 is 0 Å². The maximum absolute atomic E-state index is 11.3. The summed E-state index contributed by atoms with van der Waals surface area (Å²) in [6.07, 6.45) is 2.38. The highest BCUT2D eigenvalue weighted by Gasteiger charge is 2.27. The zero-order valence-electron chi connectivity index (χ0n) is 22.9. The van der Waals surface area contributed by atoms with Crippen LogP contribution in [0.15, 0.2) is 42.6 Å². The molecule has 0 saturated carbocycles. The Kier molecular flexibility index (Phi) is 9.44. The molecule has 3 rings (SSSR count). The molecule has 1 aromatic heterocycles. The van der Waals surface area contributed by atoms with Crippen LogP contribution in [-0.4, -0.2) is 42.1 Å². The number of ether oxygens (including phenoxy) is 1. The zero-order chi connectivity index (χ0) is 28.8. The van der Waals surface area contributed by atoms with Gasteiger partial charge in [0, 0.05) is 11.6 Å². The van der Waals surface area contributed by atoms with E-state index in [1.807, 2.05) is 6.07 Å². The van der Waals surface area contributed by atoms with Crippen LogP contribution < -0.4 is 10.5 Å². The number of aromatic nitrogens is 3.